The number of nitrogens with one attached hydrogen (secondary N) is 1. The number of nitrogens with zero attached hydrogens (tertiary/aromatic N) is 2. The van der Waals surface area contributed by atoms with Gasteiger partial charge in [-0.1, -0.05) is 32.4 Å². The van der Waals surface area contributed by atoms with Crippen LogP contribution < -0.4 is 10.2 Å². The van der Waals surface area contributed by atoms with Crippen molar-refractivity contribution in [1.82, 2.24) is 10.3 Å². The second-order valence-electron chi connectivity index (χ2n) is 5.90. The number of aromatic nitrogens is 1. The molecular formula is C16H28ClN3. The Labute approximate surface area is 128 Å². The van der Waals surface area contributed by atoms with Gasteiger partial charge in [0.2, 0.25) is 0 Å². The summed E-state index contributed by atoms with van der Waals surface area (Å²) in [6.45, 7) is 10.7. The Morgan fingerprint density at radius 1 is 1.35 bits per heavy atom. The summed E-state index contributed by atoms with van der Waals surface area (Å²) < 4.78 is 0. The highest BCUT2D eigenvalue weighted by Gasteiger charge is 2.14. The number of hydrogen-bond acceptors (Lipinski definition) is 3. The minimum atomic E-state index is 0.472. The van der Waals surface area contributed by atoms with E-state index in [0.29, 0.717) is 12.0 Å². The van der Waals surface area contributed by atoms with Crippen molar-refractivity contribution in [3.05, 3.63) is 22.8 Å². The first-order chi connectivity index (χ1) is 9.45. The van der Waals surface area contributed by atoms with Gasteiger partial charge in [0.05, 0.1) is 5.02 Å². The van der Waals surface area contributed by atoms with E-state index in [1.54, 1.807) is 6.20 Å². The Balaban J connectivity index is 2.77. The Hall–Kier alpha value is -0.800. The van der Waals surface area contributed by atoms with Gasteiger partial charge in [-0.15, -0.1) is 0 Å². The van der Waals surface area contributed by atoms with Crippen molar-refractivity contribution < 1.29 is 0 Å². The summed E-state index contributed by atoms with van der Waals surface area (Å²) >= 11 is 6.22. The minimum Gasteiger partial charge on any atom is -0.357 e. The van der Waals surface area contributed by atoms with Crippen LogP contribution >= 0.6 is 11.6 Å². The molecule has 0 radical (unpaired) electrons. The van der Waals surface area contributed by atoms with E-state index >= 15 is 0 Å². The molecule has 0 aliphatic heterocycles. The van der Waals surface area contributed by atoms with Crippen LogP contribution in [0.2, 0.25) is 5.02 Å². The Kier molecular flexibility index (Phi) is 7.31. The van der Waals surface area contributed by atoms with Crippen LogP contribution in [-0.4, -0.2) is 24.6 Å². The Morgan fingerprint density at radius 2 is 2.05 bits per heavy atom. The number of rotatable bonds is 8. The molecule has 0 aliphatic rings. The maximum absolute atomic E-state index is 6.22. The van der Waals surface area contributed by atoms with E-state index in [-0.39, 0.29) is 0 Å². The smallest absolute Gasteiger partial charge is 0.128 e. The van der Waals surface area contributed by atoms with Crippen molar-refractivity contribution >= 4 is 17.4 Å². The van der Waals surface area contributed by atoms with Crippen LogP contribution in [0.25, 0.3) is 0 Å². The molecule has 4 heteroatoms. The van der Waals surface area contributed by atoms with E-state index in [4.69, 9.17) is 11.6 Å². The van der Waals surface area contributed by atoms with Gasteiger partial charge in [0, 0.05) is 25.8 Å². The number of hydrogen-bond donors (Lipinski definition) is 1. The van der Waals surface area contributed by atoms with Crippen molar-refractivity contribution in [1.29, 1.82) is 0 Å². The lowest BCUT2D eigenvalue weighted by Crippen LogP contribution is -2.31. The van der Waals surface area contributed by atoms with E-state index in [2.05, 4.69) is 56.0 Å². The van der Waals surface area contributed by atoms with Gasteiger partial charge in [-0.2, -0.15) is 0 Å². The zero-order valence-corrected chi connectivity index (χ0v) is 14.2. The van der Waals surface area contributed by atoms with Crippen LogP contribution in [0, 0.1) is 5.92 Å². The van der Waals surface area contributed by atoms with Crippen molar-refractivity contribution in [2.24, 2.45) is 5.92 Å². The average molecular weight is 298 g/mol. The van der Waals surface area contributed by atoms with E-state index < -0.39 is 0 Å². The van der Waals surface area contributed by atoms with Crippen LogP contribution in [-0.2, 0) is 6.54 Å². The molecule has 0 aliphatic carbocycles. The minimum absolute atomic E-state index is 0.472. The highest BCUT2D eigenvalue weighted by atomic mass is 35.5. The summed E-state index contributed by atoms with van der Waals surface area (Å²) in [5.74, 6) is 1.68. The maximum atomic E-state index is 6.22. The van der Waals surface area contributed by atoms with Gasteiger partial charge in [0.15, 0.2) is 0 Å². The lowest BCUT2D eigenvalue weighted by atomic mass is 10.0. The van der Waals surface area contributed by atoms with Gasteiger partial charge in [-0.25, -0.2) is 4.98 Å². The predicted molar refractivity (Wildman–Crippen MR) is 88.6 cm³/mol. The number of pyridine rings is 1. The van der Waals surface area contributed by atoms with E-state index in [1.165, 1.54) is 0 Å². The SMILES string of the molecule is CCCNCc1cc(N(C)C(C)CC(C)C)ncc1Cl. The monoisotopic (exact) mass is 297 g/mol. The molecule has 1 unspecified atom stereocenters. The molecule has 1 aromatic rings. The summed E-state index contributed by atoms with van der Waals surface area (Å²) in [7, 11) is 2.10. The highest BCUT2D eigenvalue weighted by molar-refractivity contribution is 6.31. The summed E-state index contributed by atoms with van der Waals surface area (Å²) in [5, 5.41) is 4.13. The standard InChI is InChI=1S/C16H28ClN3/c1-6-7-18-10-14-9-16(19-11-15(14)17)20(5)13(4)8-12(2)3/h9,11-13,18H,6-8,10H2,1-5H3. The fourth-order valence-electron chi connectivity index (χ4n) is 2.26. The molecule has 1 heterocycles. The molecule has 0 saturated carbocycles. The molecule has 0 amide bonds. The van der Waals surface area contributed by atoms with Gasteiger partial charge in [0.1, 0.15) is 5.82 Å². The third-order valence-corrected chi connectivity index (χ3v) is 3.84. The fourth-order valence-corrected chi connectivity index (χ4v) is 2.43. The number of halogens is 1. The van der Waals surface area contributed by atoms with Gasteiger partial charge in [-0.3, -0.25) is 0 Å². The van der Waals surface area contributed by atoms with Gasteiger partial charge >= 0.3 is 0 Å². The molecule has 1 atom stereocenters. The van der Waals surface area contributed by atoms with Crippen LogP contribution in [0.3, 0.4) is 0 Å². The normalized spacial score (nSPS) is 12.8. The first kappa shape index (κ1) is 17.3. The van der Waals surface area contributed by atoms with Crippen molar-refractivity contribution in [2.75, 3.05) is 18.5 Å². The predicted octanol–water partition coefficient (Wildman–Crippen LogP) is 4.11. The maximum Gasteiger partial charge on any atom is 0.128 e. The van der Waals surface area contributed by atoms with Crippen LogP contribution in [0.4, 0.5) is 5.82 Å². The van der Waals surface area contributed by atoms with E-state index in [0.717, 1.165) is 42.3 Å². The molecule has 0 spiro atoms. The van der Waals surface area contributed by atoms with Crippen molar-refractivity contribution in [2.45, 2.75) is 53.1 Å². The molecule has 1 rings (SSSR count). The average Bonchev–Trinajstić information content (AvgIpc) is 2.39. The molecule has 1 N–H and O–H groups in total. The quantitative estimate of drug-likeness (QED) is 0.732. The van der Waals surface area contributed by atoms with Crippen molar-refractivity contribution in [3.8, 4) is 0 Å². The molecule has 0 aromatic carbocycles. The van der Waals surface area contributed by atoms with Crippen LogP contribution in [0.1, 0.15) is 46.1 Å². The zero-order chi connectivity index (χ0) is 15.1. The summed E-state index contributed by atoms with van der Waals surface area (Å²) in [6.07, 6.45) is 4.05. The highest BCUT2D eigenvalue weighted by Crippen LogP contribution is 2.22. The Bertz CT molecular complexity index is 407. The van der Waals surface area contributed by atoms with Gasteiger partial charge in [-0.05, 0) is 43.9 Å². The first-order valence-corrected chi connectivity index (χ1v) is 7.91. The van der Waals surface area contributed by atoms with E-state index in [1.807, 2.05) is 0 Å². The molecule has 3 nitrogen and oxygen atoms in total. The molecule has 20 heavy (non-hydrogen) atoms. The second-order valence-corrected chi connectivity index (χ2v) is 6.31. The zero-order valence-electron chi connectivity index (χ0n) is 13.4. The molecule has 1 aromatic heterocycles. The molecule has 0 saturated heterocycles. The third-order valence-electron chi connectivity index (χ3n) is 3.50. The second kappa shape index (κ2) is 8.48. The molecule has 114 valence electrons. The molecule has 0 bridgehead atoms. The van der Waals surface area contributed by atoms with Gasteiger partial charge < -0.3 is 10.2 Å². The number of anilines is 1. The van der Waals surface area contributed by atoms with Crippen molar-refractivity contribution in [3.63, 3.8) is 0 Å². The summed E-state index contributed by atoms with van der Waals surface area (Å²) in [6, 6.07) is 2.57. The van der Waals surface area contributed by atoms with Gasteiger partial charge in [0.25, 0.3) is 0 Å². The van der Waals surface area contributed by atoms with E-state index in [9.17, 15) is 0 Å². The largest absolute Gasteiger partial charge is 0.357 e. The lowest BCUT2D eigenvalue weighted by molar-refractivity contribution is 0.502. The first-order valence-electron chi connectivity index (χ1n) is 7.53. The van der Waals surface area contributed by atoms with Crippen LogP contribution in [0.5, 0.6) is 0 Å². The fraction of sp³-hybridized carbons (Fsp3) is 0.688. The lowest BCUT2D eigenvalue weighted by Gasteiger charge is -2.27. The topological polar surface area (TPSA) is 28.2 Å². The summed E-state index contributed by atoms with van der Waals surface area (Å²) in [5.41, 5.74) is 1.12. The summed E-state index contributed by atoms with van der Waals surface area (Å²) in [4.78, 5) is 6.70. The molecular weight excluding hydrogens is 270 g/mol. The van der Waals surface area contributed by atoms with Crippen LogP contribution in [0.15, 0.2) is 12.3 Å². The third kappa shape index (κ3) is 5.29. The molecule has 0 fully saturated rings. The Morgan fingerprint density at radius 3 is 2.65 bits per heavy atom.